The molecule has 0 saturated carbocycles. The molecule has 2 heterocycles. The molecule has 0 spiro atoms. The van der Waals surface area contributed by atoms with Crippen molar-refractivity contribution in [3.63, 3.8) is 0 Å². The lowest BCUT2D eigenvalue weighted by molar-refractivity contribution is -0.117. The predicted octanol–water partition coefficient (Wildman–Crippen LogP) is 4.49. The van der Waals surface area contributed by atoms with E-state index < -0.39 is 0 Å². The van der Waals surface area contributed by atoms with E-state index in [1.54, 1.807) is 11.3 Å². The number of halogens is 1. The second-order valence-corrected chi connectivity index (χ2v) is 7.45. The van der Waals surface area contributed by atoms with Crippen molar-refractivity contribution in [2.24, 2.45) is 5.92 Å². The molecule has 5 heteroatoms. The third-order valence-corrected chi connectivity index (χ3v) is 5.16. The van der Waals surface area contributed by atoms with Gasteiger partial charge in [0.25, 0.3) is 0 Å². The lowest BCUT2D eigenvalue weighted by Crippen LogP contribution is -2.33. The second-order valence-electron chi connectivity index (χ2n) is 5.56. The van der Waals surface area contributed by atoms with E-state index in [-0.39, 0.29) is 18.0 Å². The molecule has 1 aliphatic rings. The van der Waals surface area contributed by atoms with Crippen LogP contribution in [0.15, 0.2) is 40.2 Å². The summed E-state index contributed by atoms with van der Waals surface area (Å²) in [5, 5.41) is 8.55. The lowest BCUT2D eigenvalue weighted by Gasteiger charge is -2.24. The maximum Gasteiger partial charge on any atom is 0.246 e. The van der Waals surface area contributed by atoms with E-state index in [0.29, 0.717) is 5.92 Å². The van der Waals surface area contributed by atoms with Gasteiger partial charge < -0.3 is 5.32 Å². The van der Waals surface area contributed by atoms with Crippen LogP contribution in [0.25, 0.3) is 0 Å². The number of rotatable bonds is 4. The van der Waals surface area contributed by atoms with Gasteiger partial charge in [0.15, 0.2) is 0 Å². The highest BCUT2D eigenvalue weighted by Crippen LogP contribution is 2.36. The Hall–Kier alpha value is -1.17. The maximum atomic E-state index is 12.3. The summed E-state index contributed by atoms with van der Waals surface area (Å²) in [7, 11) is 0. The first kappa shape index (κ1) is 14.8. The van der Waals surface area contributed by atoms with Crippen LogP contribution in [0.1, 0.15) is 36.4 Å². The predicted molar refractivity (Wildman–Crippen MR) is 90.5 cm³/mol. The number of fused-ring (bicyclic) bond motifs is 1. The first-order valence-electron chi connectivity index (χ1n) is 6.96. The zero-order valence-electron chi connectivity index (χ0n) is 11.9. The van der Waals surface area contributed by atoms with Gasteiger partial charge in [-0.2, -0.15) is 0 Å². The van der Waals surface area contributed by atoms with Gasteiger partial charge >= 0.3 is 0 Å². The quantitative estimate of drug-likeness (QED) is 0.838. The molecule has 0 bridgehead atoms. The van der Waals surface area contributed by atoms with Crippen molar-refractivity contribution in [2.75, 3.05) is 5.32 Å². The zero-order chi connectivity index (χ0) is 15.0. The number of carbonyl (C=O) groups excluding carboxylic acids is 1. The minimum atomic E-state index is -0.289. The van der Waals surface area contributed by atoms with Crippen molar-refractivity contribution in [3.8, 4) is 0 Å². The second kappa shape index (κ2) is 5.91. The SMILES string of the molecule is CC(C)C(NC1C(=O)Nc2cc(Br)ccc21)c1cccs1. The number of hydrogen-bond acceptors (Lipinski definition) is 3. The molecule has 2 N–H and O–H groups in total. The summed E-state index contributed by atoms with van der Waals surface area (Å²) in [5.41, 5.74) is 1.91. The number of hydrogen-bond donors (Lipinski definition) is 2. The van der Waals surface area contributed by atoms with Gasteiger partial charge in [0.05, 0.1) is 0 Å². The Balaban J connectivity index is 1.89. The molecule has 1 aromatic carbocycles. The van der Waals surface area contributed by atoms with Crippen LogP contribution < -0.4 is 10.6 Å². The lowest BCUT2D eigenvalue weighted by atomic mass is 9.99. The Morgan fingerprint density at radius 1 is 1.33 bits per heavy atom. The van der Waals surface area contributed by atoms with Crippen LogP contribution in [0.4, 0.5) is 5.69 Å². The highest BCUT2D eigenvalue weighted by atomic mass is 79.9. The highest BCUT2D eigenvalue weighted by Gasteiger charge is 2.33. The van der Waals surface area contributed by atoms with E-state index in [1.807, 2.05) is 18.2 Å². The van der Waals surface area contributed by atoms with E-state index in [9.17, 15) is 4.79 Å². The normalized spacial score (nSPS) is 18.7. The number of nitrogens with one attached hydrogen (secondary N) is 2. The average molecular weight is 365 g/mol. The zero-order valence-corrected chi connectivity index (χ0v) is 14.3. The van der Waals surface area contributed by atoms with Crippen molar-refractivity contribution < 1.29 is 4.79 Å². The molecular weight excluding hydrogens is 348 g/mol. The fourth-order valence-corrected chi connectivity index (χ4v) is 3.97. The summed E-state index contributed by atoms with van der Waals surface area (Å²) in [5.74, 6) is 0.432. The molecule has 1 amide bonds. The summed E-state index contributed by atoms with van der Waals surface area (Å²) >= 11 is 5.17. The van der Waals surface area contributed by atoms with Crippen molar-refractivity contribution >= 4 is 38.9 Å². The van der Waals surface area contributed by atoms with Crippen molar-refractivity contribution in [1.82, 2.24) is 5.32 Å². The summed E-state index contributed by atoms with van der Waals surface area (Å²) in [4.78, 5) is 13.6. The van der Waals surface area contributed by atoms with E-state index in [4.69, 9.17) is 0 Å². The summed E-state index contributed by atoms with van der Waals surface area (Å²) in [6.07, 6.45) is 0. The van der Waals surface area contributed by atoms with Crippen LogP contribution >= 0.6 is 27.3 Å². The van der Waals surface area contributed by atoms with Crippen LogP contribution in [0.2, 0.25) is 0 Å². The van der Waals surface area contributed by atoms with Gasteiger partial charge in [0, 0.05) is 26.6 Å². The van der Waals surface area contributed by atoms with E-state index in [0.717, 1.165) is 15.7 Å². The summed E-state index contributed by atoms with van der Waals surface area (Å²) in [6, 6.07) is 9.99. The van der Waals surface area contributed by atoms with Crippen LogP contribution in [-0.2, 0) is 4.79 Å². The number of anilines is 1. The molecule has 1 aromatic heterocycles. The van der Waals surface area contributed by atoms with Crippen molar-refractivity contribution in [2.45, 2.75) is 25.9 Å². The van der Waals surface area contributed by atoms with Crippen molar-refractivity contribution in [1.29, 1.82) is 0 Å². The Labute approximate surface area is 136 Å². The van der Waals surface area contributed by atoms with Gasteiger partial charge in [-0.25, -0.2) is 0 Å². The third kappa shape index (κ3) is 2.91. The Kier molecular flexibility index (Phi) is 4.15. The summed E-state index contributed by atoms with van der Waals surface area (Å²) < 4.78 is 0.973. The molecular formula is C16H17BrN2OS. The first-order valence-corrected chi connectivity index (χ1v) is 8.63. The Morgan fingerprint density at radius 3 is 2.81 bits per heavy atom. The summed E-state index contributed by atoms with van der Waals surface area (Å²) in [6.45, 7) is 4.35. The fraction of sp³-hybridized carbons (Fsp3) is 0.312. The largest absolute Gasteiger partial charge is 0.324 e. The molecule has 2 unspecified atom stereocenters. The molecule has 21 heavy (non-hydrogen) atoms. The molecule has 2 atom stereocenters. The number of carbonyl (C=O) groups is 1. The van der Waals surface area contributed by atoms with Crippen LogP contribution in [0, 0.1) is 5.92 Å². The van der Waals surface area contributed by atoms with Gasteiger partial charge in [-0.05, 0) is 29.5 Å². The smallest absolute Gasteiger partial charge is 0.246 e. The molecule has 2 aromatic rings. The molecule has 3 nitrogen and oxygen atoms in total. The topological polar surface area (TPSA) is 41.1 Å². The maximum absolute atomic E-state index is 12.3. The van der Waals surface area contributed by atoms with Crippen LogP contribution in [-0.4, -0.2) is 5.91 Å². The van der Waals surface area contributed by atoms with Crippen LogP contribution in [0.5, 0.6) is 0 Å². The number of thiophene rings is 1. The van der Waals surface area contributed by atoms with Gasteiger partial charge in [-0.15, -0.1) is 11.3 Å². The molecule has 1 aliphatic heterocycles. The molecule has 0 saturated heterocycles. The third-order valence-electron chi connectivity index (χ3n) is 3.71. The van der Waals surface area contributed by atoms with E-state index >= 15 is 0 Å². The average Bonchev–Trinajstić information content (AvgIpc) is 3.03. The minimum Gasteiger partial charge on any atom is -0.324 e. The molecule has 0 radical (unpaired) electrons. The molecule has 0 fully saturated rings. The fourth-order valence-electron chi connectivity index (χ4n) is 2.65. The monoisotopic (exact) mass is 364 g/mol. The highest BCUT2D eigenvalue weighted by molar-refractivity contribution is 9.10. The van der Waals surface area contributed by atoms with Crippen molar-refractivity contribution in [3.05, 3.63) is 50.6 Å². The molecule has 0 aliphatic carbocycles. The molecule has 110 valence electrons. The van der Waals surface area contributed by atoms with E-state index in [1.165, 1.54) is 4.88 Å². The van der Waals surface area contributed by atoms with Crippen LogP contribution in [0.3, 0.4) is 0 Å². The minimum absolute atomic E-state index is 0.0188. The van der Waals surface area contributed by atoms with Gasteiger partial charge in [-0.3, -0.25) is 10.1 Å². The first-order chi connectivity index (χ1) is 10.1. The number of amides is 1. The number of benzene rings is 1. The van der Waals surface area contributed by atoms with E-state index in [2.05, 4.69) is 57.9 Å². The Morgan fingerprint density at radius 2 is 2.14 bits per heavy atom. The van der Waals surface area contributed by atoms with Gasteiger partial charge in [0.1, 0.15) is 6.04 Å². The Bertz CT molecular complexity index is 654. The van der Waals surface area contributed by atoms with Gasteiger partial charge in [-0.1, -0.05) is 41.9 Å². The molecule has 3 rings (SSSR count). The van der Waals surface area contributed by atoms with Gasteiger partial charge in [0.2, 0.25) is 5.91 Å². The standard InChI is InChI=1S/C16H17BrN2OS/c1-9(2)14(13-4-3-7-21-13)19-15-11-6-5-10(17)8-12(11)18-16(15)20/h3-9,14-15,19H,1-2H3,(H,18,20).